The van der Waals surface area contributed by atoms with Crippen molar-refractivity contribution in [3.63, 3.8) is 0 Å². The van der Waals surface area contributed by atoms with E-state index in [4.69, 9.17) is 5.11 Å². The Bertz CT molecular complexity index is 762. The van der Waals surface area contributed by atoms with Crippen molar-refractivity contribution in [1.29, 1.82) is 0 Å². The fourth-order valence-corrected chi connectivity index (χ4v) is 4.51. The van der Waals surface area contributed by atoms with E-state index in [0.717, 1.165) is 16.9 Å². The number of thiophene rings is 1. The van der Waals surface area contributed by atoms with E-state index in [2.05, 4.69) is 4.72 Å². The number of sulfonamides is 1. The van der Waals surface area contributed by atoms with Gasteiger partial charge in [-0.2, -0.15) is 0 Å². The third-order valence-electron chi connectivity index (χ3n) is 2.65. The Morgan fingerprint density at radius 3 is 2.60 bits per heavy atom. The summed E-state index contributed by atoms with van der Waals surface area (Å²) in [6.45, 7) is 3.42. The summed E-state index contributed by atoms with van der Waals surface area (Å²) in [5.74, 6) is -1.24. The third kappa shape index (κ3) is 2.83. The van der Waals surface area contributed by atoms with E-state index >= 15 is 0 Å². The Morgan fingerprint density at radius 1 is 1.30 bits per heavy atom. The van der Waals surface area contributed by atoms with E-state index in [0.29, 0.717) is 11.3 Å². The van der Waals surface area contributed by atoms with Crippen molar-refractivity contribution in [2.45, 2.75) is 18.7 Å². The predicted octanol–water partition coefficient (Wildman–Crippen LogP) is 2.86. The highest BCUT2D eigenvalue weighted by atomic mass is 32.2. The monoisotopic (exact) mass is 311 g/mol. The van der Waals surface area contributed by atoms with Crippen LogP contribution in [0.1, 0.15) is 20.8 Å². The molecule has 0 radical (unpaired) electrons. The fourth-order valence-electron chi connectivity index (χ4n) is 1.83. The first-order valence-corrected chi connectivity index (χ1v) is 8.08. The summed E-state index contributed by atoms with van der Waals surface area (Å²) in [4.78, 5) is 10.8. The number of nitrogens with one attached hydrogen (secondary N) is 1. The number of rotatable bonds is 4. The number of aryl methyl sites for hydroxylation is 2. The van der Waals surface area contributed by atoms with Crippen molar-refractivity contribution >= 4 is 33.0 Å². The minimum Gasteiger partial charge on any atom is -0.477 e. The lowest BCUT2D eigenvalue weighted by atomic mass is 10.2. The number of hydrogen-bond donors (Lipinski definition) is 2. The molecule has 2 rings (SSSR count). The van der Waals surface area contributed by atoms with Crippen LogP contribution in [0.5, 0.6) is 0 Å². The zero-order chi connectivity index (χ0) is 14.9. The SMILES string of the molecule is Cc1cccc(NS(=O)(=O)c2c(C)csc2C(=O)O)c1. The van der Waals surface area contributed by atoms with Gasteiger partial charge in [-0.25, -0.2) is 13.2 Å². The highest BCUT2D eigenvalue weighted by Gasteiger charge is 2.26. The normalized spacial score (nSPS) is 11.3. The predicted molar refractivity (Wildman–Crippen MR) is 78.0 cm³/mol. The standard InChI is InChI=1S/C13H13NO4S2/c1-8-4-3-5-10(6-8)14-20(17,18)12-9(2)7-19-11(12)13(15)16/h3-7,14H,1-2H3,(H,15,16). The first-order valence-electron chi connectivity index (χ1n) is 5.72. The van der Waals surface area contributed by atoms with E-state index in [-0.39, 0.29) is 9.77 Å². The second-order valence-corrected chi connectivity index (χ2v) is 6.86. The van der Waals surface area contributed by atoms with Gasteiger partial charge < -0.3 is 5.11 Å². The van der Waals surface area contributed by atoms with Crippen molar-refractivity contribution in [2.75, 3.05) is 4.72 Å². The molecule has 0 bridgehead atoms. The van der Waals surface area contributed by atoms with Gasteiger partial charge in [0.15, 0.2) is 0 Å². The summed E-state index contributed by atoms with van der Waals surface area (Å²) >= 11 is 0.906. The quantitative estimate of drug-likeness (QED) is 0.909. The Labute approximate surface area is 120 Å². The summed E-state index contributed by atoms with van der Waals surface area (Å²) < 4.78 is 27.1. The topological polar surface area (TPSA) is 83.5 Å². The summed E-state index contributed by atoms with van der Waals surface area (Å²) in [5, 5.41) is 10.6. The molecule has 7 heteroatoms. The van der Waals surface area contributed by atoms with E-state index in [1.54, 1.807) is 25.1 Å². The summed E-state index contributed by atoms with van der Waals surface area (Å²) in [6.07, 6.45) is 0. The van der Waals surface area contributed by atoms with E-state index in [9.17, 15) is 13.2 Å². The van der Waals surface area contributed by atoms with Gasteiger partial charge >= 0.3 is 5.97 Å². The average molecular weight is 311 g/mol. The highest BCUT2D eigenvalue weighted by Crippen LogP contribution is 2.28. The molecular formula is C13H13NO4S2. The number of carbonyl (C=O) groups is 1. The lowest BCUT2D eigenvalue weighted by Gasteiger charge is -2.09. The van der Waals surface area contributed by atoms with Crippen LogP contribution in [-0.4, -0.2) is 19.5 Å². The second kappa shape index (κ2) is 5.26. The number of anilines is 1. The Hall–Kier alpha value is -1.86. The van der Waals surface area contributed by atoms with Crippen LogP contribution < -0.4 is 4.72 Å². The molecule has 0 amide bonds. The molecule has 106 valence electrons. The molecule has 1 heterocycles. The smallest absolute Gasteiger partial charge is 0.347 e. The molecule has 1 aromatic carbocycles. The van der Waals surface area contributed by atoms with Crippen molar-refractivity contribution in [1.82, 2.24) is 0 Å². The van der Waals surface area contributed by atoms with Crippen LogP contribution in [0, 0.1) is 13.8 Å². The maximum atomic E-state index is 12.4. The third-order valence-corrected chi connectivity index (χ3v) is 5.43. The number of hydrogen-bond acceptors (Lipinski definition) is 4. The van der Waals surface area contributed by atoms with Crippen LogP contribution in [0.3, 0.4) is 0 Å². The summed E-state index contributed by atoms with van der Waals surface area (Å²) in [6, 6.07) is 6.87. The minimum atomic E-state index is -3.91. The maximum Gasteiger partial charge on any atom is 0.347 e. The van der Waals surface area contributed by atoms with Crippen molar-refractivity contribution in [2.24, 2.45) is 0 Å². The van der Waals surface area contributed by atoms with Crippen LogP contribution in [0.2, 0.25) is 0 Å². The Morgan fingerprint density at radius 2 is 2.00 bits per heavy atom. The fraction of sp³-hybridized carbons (Fsp3) is 0.154. The van der Waals surface area contributed by atoms with Gasteiger partial charge in [0.2, 0.25) is 0 Å². The Kier molecular flexibility index (Phi) is 3.82. The van der Waals surface area contributed by atoms with Crippen molar-refractivity contribution < 1.29 is 18.3 Å². The summed E-state index contributed by atoms with van der Waals surface area (Å²) in [7, 11) is -3.91. The van der Waals surface area contributed by atoms with Crippen LogP contribution in [0.4, 0.5) is 5.69 Å². The number of benzene rings is 1. The van der Waals surface area contributed by atoms with Crippen LogP contribution >= 0.6 is 11.3 Å². The van der Waals surface area contributed by atoms with Crippen molar-refractivity contribution in [3.8, 4) is 0 Å². The first kappa shape index (κ1) is 14.5. The highest BCUT2D eigenvalue weighted by molar-refractivity contribution is 7.93. The van der Waals surface area contributed by atoms with Gasteiger partial charge in [0.25, 0.3) is 10.0 Å². The van der Waals surface area contributed by atoms with E-state index in [1.807, 2.05) is 13.0 Å². The number of carboxylic acids is 1. The molecule has 2 aromatic rings. The van der Waals surface area contributed by atoms with Gasteiger partial charge in [-0.05, 0) is 42.5 Å². The first-order chi connectivity index (χ1) is 9.31. The van der Waals surface area contributed by atoms with E-state index in [1.165, 1.54) is 5.38 Å². The van der Waals surface area contributed by atoms with Gasteiger partial charge in [-0.1, -0.05) is 12.1 Å². The molecule has 0 atom stereocenters. The molecule has 0 aliphatic rings. The molecule has 0 saturated carbocycles. The molecule has 0 aliphatic heterocycles. The molecule has 0 spiro atoms. The lowest BCUT2D eigenvalue weighted by molar-refractivity contribution is 0.0698. The van der Waals surface area contributed by atoms with Gasteiger partial charge in [-0.15, -0.1) is 11.3 Å². The van der Waals surface area contributed by atoms with Crippen LogP contribution in [-0.2, 0) is 10.0 Å². The summed E-state index contributed by atoms with van der Waals surface area (Å²) in [5.41, 5.74) is 1.74. The van der Waals surface area contributed by atoms with Crippen LogP contribution in [0.15, 0.2) is 34.5 Å². The molecule has 1 aromatic heterocycles. The molecule has 0 saturated heterocycles. The molecule has 2 N–H and O–H groups in total. The maximum absolute atomic E-state index is 12.4. The second-order valence-electron chi connectivity index (χ2n) is 4.36. The molecule has 0 unspecified atom stereocenters. The van der Waals surface area contributed by atoms with Crippen LogP contribution in [0.25, 0.3) is 0 Å². The van der Waals surface area contributed by atoms with Gasteiger partial charge in [0.05, 0.1) is 0 Å². The zero-order valence-corrected chi connectivity index (χ0v) is 12.5. The largest absolute Gasteiger partial charge is 0.477 e. The Balaban J connectivity index is 2.46. The number of carboxylic acid groups (broad SMARTS) is 1. The van der Waals surface area contributed by atoms with Gasteiger partial charge in [-0.3, -0.25) is 4.72 Å². The minimum absolute atomic E-state index is 0.170. The molecule has 20 heavy (non-hydrogen) atoms. The van der Waals surface area contributed by atoms with Gasteiger partial charge in [0.1, 0.15) is 9.77 Å². The molecule has 5 nitrogen and oxygen atoms in total. The van der Waals surface area contributed by atoms with Gasteiger partial charge in [0, 0.05) is 5.69 Å². The van der Waals surface area contributed by atoms with Crippen molar-refractivity contribution in [3.05, 3.63) is 45.6 Å². The number of aromatic carboxylic acids is 1. The molecule has 0 aliphatic carbocycles. The van der Waals surface area contributed by atoms with E-state index < -0.39 is 16.0 Å². The molecule has 0 fully saturated rings. The average Bonchev–Trinajstić information content (AvgIpc) is 2.71. The lowest BCUT2D eigenvalue weighted by Crippen LogP contribution is -2.16. The molecular weight excluding hydrogens is 298 g/mol. The zero-order valence-electron chi connectivity index (χ0n) is 10.9.